The van der Waals surface area contributed by atoms with Gasteiger partial charge in [0.2, 0.25) is 0 Å². The van der Waals surface area contributed by atoms with Crippen LogP contribution in [-0.4, -0.2) is 18.2 Å². The number of benzene rings is 1. The van der Waals surface area contributed by atoms with E-state index in [0.29, 0.717) is 5.69 Å². The quantitative estimate of drug-likeness (QED) is 0.634. The fourth-order valence-corrected chi connectivity index (χ4v) is 0.887. The largest absolute Gasteiger partial charge is 0.392 e. The van der Waals surface area contributed by atoms with E-state index < -0.39 is 0 Å². The van der Waals surface area contributed by atoms with Crippen LogP contribution in [0, 0.1) is 0 Å². The van der Waals surface area contributed by atoms with Crippen molar-refractivity contribution in [2.75, 3.05) is 12.4 Å². The second kappa shape index (κ2) is 4.47. The fourth-order valence-electron chi connectivity index (χ4n) is 0.887. The van der Waals surface area contributed by atoms with Crippen molar-refractivity contribution in [3.63, 3.8) is 0 Å². The Bertz CT molecular complexity index is 282. The number of carbonyl (C=O) groups excluding carboxylic acids is 1. The molecule has 2 amide bonds. The van der Waals surface area contributed by atoms with Crippen molar-refractivity contribution in [1.29, 1.82) is 0 Å². The minimum Gasteiger partial charge on any atom is -0.392 e. The number of aliphatic hydroxyl groups is 1. The highest BCUT2D eigenvalue weighted by Crippen LogP contribution is 2.08. The van der Waals surface area contributed by atoms with Crippen LogP contribution in [0.1, 0.15) is 5.56 Å². The highest BCUT2D eigenvalue weighted by atomic mass is 16.3. The maximum Gasteiger partial charge on any atom is 0.318 e. The number of rotatable bonds is 2. The maximum atomic E-state index is 10.9. The molecule has 0 aliphatic rings. The predicted octanol–water partition coefficient (Wildman–Crippen LogP) is 0.930. The molecule has 0 unspecified atom stereocenters. The van der Waals surface area contributed by atoms with E-state index in [9.17, 15) is 4.79 Å². The zero-order valence-corrected chi connectivity index (χ0v) is 7.37. The number of hydrogen-bond acceptors (Lipinski definition) is 2. The molecule has 4 heteroatoms. The first-order chi connectivity index (χ1) is 6.26. The lowest BCUT2D eigenvalue weighted by atomic mass is 10.2. The standard InChI is InChI=1S/C9H12N2O2/c1-10-9(13)11-8-4-2-7(6-12)3-5-8/h2-5,12H,6H2,1H3,(H2,10,11,13). The Morgan fingerprint density at radius 2 is 2.00 bits per heavy atom. The average molecular weight is 180 g/mol. The first-order valence-electron chi connectivity index (χ1n) is 3.95. The highest BCUT2D eigenvalue weighted by Gasteiger charge is 1.97. The van der Waals surface area contributed by atoms with Crippen molar-refractivity contribution in [3.8, 4) is 0 Å². The van der Waals surface area contributed by atoms with Crippen molar-refractivity contribution in [2.45, 2.75) is 6.61 Å². The molecule has 0 heterocycles. The van der Waals surface area contributed by atoms with Crippen molar-refractivity contribution in [3.05, 3.63) is 29.8 Å². The molecule has 0 aliphatic heterocycles. The topological polar surface area (TPSA) is 61.4 Å². The minimum atomic E-state index is -0.253. The smallest absolute Gasteiger partial charge is 0.318 e. The normalized spacial score (nSPS) is 9.38. The molecule has 0 spiro atoms. The van der Waals surface area contributed by atoms with Crippen LogP contribution in [0.2, 0.25) is 0 Å². The summed E-state index contributed by atoms with van der Waals surface area (Å²) in [6.45, 7) is 0.0141. The molecule has 0 saturated heterocycles. The molecule has 0 fully saturated rings. The summed E-state index contributed by atoms with van der Waals surface area (Å²) in [6.07, 6.45) is 0. The minimum absolute atomic E-state index is 0.0141. The van der Waals surface area contributed by atoms with E-state index in [0.717, 1.165) is 5.56 Å². The van der Waals surface area contributed by atoms with E-state index in [1.54, 1.807) is 31.3 Å². The second-order valence-electron chi connectivity index (χ2n) is 2.56. The van der Waals surface area contributed by atoms with Gasteiger partial charge < -0.3 is 15.7 Å². The zero-order valence-electron chi connectivity index (χ0n) is 7.37. The molecule has 4 nitrogen and oxygen atoms in total. The molecule has 0 bridgehead atoms. The maximum absolute atomic E-state index is 10.9. The van der Waals surface area contributed by atoms with Crippen LogP contribution in [-0.2, 0) is 6.61 Å². The van der Waals surface area contributed by atoms with Crippen molar-refractivity contribution in [2.24, 2.45) is 0 Å². The lowest BCUT2D eigenvalue weighted by molar-refractivity contribution is 0.254. The van der Waals surface area contributed by atoms with Crippen molar-refractivity contribution >= 4 is 11.7 Å². The molecule has 13 heavy (non-hydrogen) atoms. The van der Waals surface area contributed by atoms with Gasteiger partial charge in [0.25, 0.3) is 0 Å². The summed E-state index contributed by atoms with van der Waals surface area (Å²) in [5, 5.41) is 13.8. The number of nitrogens with one attached hydrogen (secondary N) is 2. The van der Waals surface area contributed by atoms with E-state index in [2.05, 4.69) is 10.6 Å². The number of amides is 2. The third-order valence-electron chi connectivity index (χ3n) is 1.62. The van der Waals surface area contributed by atoms with Crippen LogP contribution in [0.3, 0.4) is 0 Å². The third-order valence-corrected chi connectivity index (χ3v) is 1.62. The van der Waals surface area contributed by atoms with Gasteiger partial charge in [-0.05, 0) is 17.7 Å². The van der Waals surface area contributed by atoms with Gasteiger partial charge in [0, 0.05) is 12.7 Å². The van der Waals surface area contributed by atoms with E-state index in [-0.39, 0.29) is 12.6 Å². The van der Waals surface area contributed by atoms with Gasteiger partial charge in [0.1, 0.15) is 0 Å². The monoisotopic (exact) mass is 180 g/mol. The van der Waals surface area contributed by atoms with Crippen LogP contribution < -0.4 is 10.6 Å². The van der Waals surface area contributed by atoms with E-state index in [1.165, 1.54) is 0 Å². The Balaban J connectivity index is 2.64. The molecule has 0 saturated carbocycles. The van der Waals surface area contributed by atoms with Gasteiger partial charge in [-0.25, -0.2) is 4.79 Å². The second-order valence-corrected chi connectivity index (χ2v) is 2.56. The summed E-state index contributed by atoms with van der Waals surface area (Å²) in [4.78, 5) is 10.9. The molecule has 0 aliphatic carbocycles. The Labute approximate surface area is 76.6 Å². The number of carbonyl (C=O) groups is 1. The van der Waals surface area contributed by atoms with E-state index >= 15 is 0 Å². The van der Waals surface area contributed by atoms with Crippen molar-refractivity contribution < 1.29 is 9.90 Å². The lowest BCUT2D eigenvalue weighted by Gasteiger charge is -2.04. The average Bonchev–Trinajstić information content (AvgIpc) is 2.19. The Morgan fingerprint density at radius 1 is 1.38 bits per heavy atom. The SMILES string of the molecule is CNC(=O)Nc1ccc(CO)cc1. The van der Waals surface area contributed by atoms with Gasteiger partial charge in [-0.1, -0.05) is 12.1 Å². The Hall–Kier alpha value is -1.55. The predicted molar refractivity (Wildman–Crippen MR) is 50.4 cm³/mol. The van der Waals surface area contributed by atoms with Gasteiger partial charge in [0.05, 0.1) is 6.61 Å². The van der Waals surface area contributed by atoms with E-state index in [4.69, 9.17) is 5.11 Å². The number of aliphatic hydroxyl groups excluding tert-OH is 1. The van der Waals surface area contributed by atoms with Crippen LogP contribution in [0.5, 0.6) is 0 Å². The molecular formula is C9H12N2O2. The first kappa shape index (κ1) is 9.54. The van der Waals surface area contributed by atoms with Gasteiger partial charge in [-0.15, -0.1) is 0 Å². The summed E-state index contributed by atoms with van der Waals surface area (Å²) < 4.78 is 0. The molecule has 1 aromatic rings. The summed E-state index contributed by atoms with van der Waals surface area (Å²) >= 11 is 0. The molecule has 0 radical (unpaired) electrons. The molecule has 70 valence electrons. The zero-order chi connectivity index (χ0) is 9.68. The van der Waals surface area contributed by atoms with Crippen LogP contribution >= 0.6 is 0 Å². The fraction of sp³-hybridized carbons (Fsp3) is 0.222. The van der Waals surface area contributed by atoms with Gasteiger partial charge >= 0.3 is 6.03 Å². The highest BCUT2D eigenvalue weighted by molar-refractivity contribution is 5.88. The van der Waals surface area contributed by atoms with Gasteiger partial charge in [-0.3, -0.25) is 0 Å². The summed E-state index contributed by atoms with van der Waals surface area (Å²) in [6, 6.07) is 6.73. The molecule has 0 aromatic heterocycles. The number of anilines is 1. The lowest BCUT2D eigenvalue weighted by Crippen LogP contribution is -2.24. The van der Waals surface area contributed by atoms with E-state index in [1.807, 2.05) is 0 Å². The van der Waals surface area contributed by atoms with Gasteiger partial charge in [0.15, 0.2) is 0 Å². The first-order valence-corrected chi connectivity index (χ1v) is 3.95. The Kier molecular flexibility index (Phi) is 3.28. The summed E-state index contributed by atoms with van der Waals surface area (Å²) in [5.41, 5.74) is 1.53. The third kappa shape index (κ3) is 2.76. The number of urea groups is 1. The van der Waals surface area contributed by atoms with Crippen molar-refractivity contribution in [1.82, 2.24) is 5.32 Å². The van der Waals surface area contributed by atoms with Crippen LogP contribution in [0.15, 0.2) is 24.3 Å². The van der Waals surface area contributed by atoms with Crippen LogP contribution in [0.4, 0.5) is 10.5 Å². The molecule has 1 rings (SSSR count). The van der Waals surface area contributed by atoms with Gasteiger partial charge in [-0.2, -0.15) is 0 Å². The molecule has 1 aromatic carbocycles. The molecule has 3 N–H and O–H groups in total. The molecular weight excluding hydrogens is 168 g/mol. The summed E-state index contributed by atoms with van der Waals surface area (Å²) in [5.74, 6) is 0. The molecule has 0 atom stereocenters. The number of hydrogen-bond donors (Lipinski definition) is 3. The van der Waals surface area contributed by atoms with Crippen LogP contribution in [0.25, 0.3) is 0 Å². The Morgan fingerprint density at radius 3 is 2.46 bits per heavy atom. The summed E-state index contributed by atoms with van der Waals surface area (Å²) in [7, 11) is 1.55.